The van der Waals surface area contributed by atoms with E-state index in [1.807, 2.05) is 30.3 Å². The minimum absolute atomic E-state index is 0.0437. The number of carbonyl (C=O) groups is 1. The molecule has 0 bridgehead atoms. The Morgan fingerprint density at radius 1 is 1.12 bits per heavy atom. The second-order valence-electron chi connectivity index (χ2n) is 5.06. The van der Waals surface area contributed by atoms with Crippen molar-refractivity contribution in [3.63, 3.8) is 0 Å². The number of Topliss-reactive ketones (excluding diaryl/α,β-unsaturated/α-hetero) is 1. The third-order valence-electron chi connectivity index (χ3n) is 3.27. The highest BCUT2D eigenvalue weighted by Crippen LogP contribution is 2.15. The van der Waals surface area contributed by atoms with Crippen LogP contribution in [0.25, 0.3) is 0 Å². The van der Waals surface area contributed by atoms with E-state index in [1.54, 1.807) is 0 Å². The van der Waals surface area contributed by atoms with E-state index < -0.39 is 21.8 Å². The Hall–Kier alpha value is -2.13. The van der Waals surface area contributed by atoms with Crippen LogP contribution in [0.5, 0.6) is 0 Å². The third-order valence-corrected chi connectivity index (χ3v) is 5.01. The molecular formula is C18H16ClNO3S. The Morgan fingerprint density at radius 3 is 2.33 bits per heavy atom. The Morgan fingerprint density at radius 2 is 1.75 bits per heavy atom. The summed E-state index contributed by atoms with van der Waals surface area (Å²) in [5.41, 5.74) is 0.840. The van der Waals surface area contributed by atoms with Gasteiger partial charge in [-0.3, -0.25) is 4.79 Å². The molecule has 0 heterocycles. The van der Waals surface area contributed by atoms with Gasteiger partial charge in [0.1, 0.15) is 0 Å². The molecule has 2 aromatic rings. The van der Waals surface area contributed by atoms with Gasteiger partial charge in [0, 0.05) is 5.02 Å². The van der Waals surface area contributed by atoms with Gasteiger partial charge in [-0.15, -0.1) is 0 Å². The van der Waals surface area contributed by atoms with E-state index in [9.17, 15) is 13.2 Å². The molecule has 124 valence electrons. The molecule has 0 saturated heterocycles. The first-order valence-corrected chi connectivity index (χ1v) is 9.07. The van der Waals surface area contributed by atoms with E-state index in [-0.39, 0.29) is 11.3 Å². The normalized spacial score (nSPS) is 12.1. The number of carbonyl (C=O) groups excluding carboxylic acids is 1. The number of ketones is 1. The molecule has 0 amide bonds. The largest absolute Gasteiger partial charge is 0.283 e. The van der Waals surface area contributed by atoms with Crippen molar-refractivity contribution in [2.75, 3.05) is 0 Å². The van der Waals surface area contributed by atoms with Gasteiger partial charge in [-0.05, 0) is 49.1 Å². The standard InChI is InChI=1S/C18H16ClNO3S/c1-2-6-18(21)17(13-14-7-4-3-5-8-14)20-24(22,23)16-11-9-15(19)10-12-16/h3-5,7-12,17,20H,13H2,1H3. The molecular weight excluding hydrogens is 346 g/mol. The minimum atomic E-state index is -3.86. The maximum absolute atomic E-state index is 12.5. The van der Waals surface area contributed by atoms with E-state index in [2.05, 4.69) is 16.6 Å². The summed E-state index contributed by atoms with van der Waals surface area (Å²) >= 11 is 5.78. The lowest BCUT2D eigenvalue weighted by Gasteiger charge is -2.16. The van der Waals surface area contributed by atoms with Gasteiger partial charge in [0.05, 0.1) is 10.9 Å². The van der Waals surface area contributed by atoms with Crippen molar-refractivity contribution in [3.05, 3.63) is 65.2 Å². The molecule has 0 fully saturated rings. The molecule has 4 nitrogen and oxygen atoms in total. The number of hydrogen-bond acceptors (Lipinski definition) is 3. The zero-order valence-electron chi connectivity index (χ0n) is 13.0. The van der Waals surface area contributed by atoms with Crippen LogP contribution in [0.4, 0.5) is 0 Å². The smallest absolute Gasteiger partial charge is 0.241 e. The summed E-state index contributed by atoms with van der Waals surface area (Å²) in [5.74, 6) is 4.45. The topological polar surface area (TPSA) is 63.2 Å². The molecule has 6 heteroatoms. The molecule has 2 rings (SSSR count). The van der Waals surface area contributed by atoms with Crippen LogP contribution in [-0.4, -0.2) is 20.2 Å². The van der Waals surface area contributed by atoms with Crippen molar-refractivity contribution in [1.82, 2.24) is 4.72 Å². The van der Waals surface area contributed by atoms with Gasteiger partial charge in [-0.25, -0.2) is 8.42 Å². The molecule has 0 aliphatic heterocycles. The SMILES string of the molecule is CC#CC(=O)C(Cc1ccccc1)NS(=O)(=O)c1ccc(Cl)cc1. The highest BCUT2D eigenvalue weighted by molar-refractivity contribution is 7.89. The van der Waals surface area contributed by atoms with Crippen LogP contribution >= 0.6 is 11.6 Å². The first-order valence-electron chi connectivity index (χ1n) is 7.21. The Kier molecular flexibility index (Phi) is 6.16. The monoisotopic (exact) mass is 361 g/mol. The molecule has 0 aliphatic rings. The molecule has 0 aliphatic carbocycles. The van der Waals surface area contributed by atoms with Crippen LogP contribution < -0.4 is 4.72 Å². The number of nitrogens with one attached hydrogen (secondary N) is 1. The molecule has 1 atom stereocenters. The summed E-state index contributed by atoms with van der Waals surface area (Å²) in [7, 11) is -3.86. The molecule has 0 radical (unpaired) electrons. The second-order valence-corrected chi connectivity index (χ2v) is 7.21. The summed E-state index contributed by atoms with van der Waals surface area (Å²) in [6.07, 6.45) is 0.223. The lowest BCUT2D eigenvalue weighted by molar-refractivity contribution is -0.115. The summed E-state index contributed by atoms with van der Waals surface area (Å²) in [6, 6.07) is 14.0. The Balaban J connectivity index is 2.28. The predicted octanol–water partition coefficient (Wildman–Crippen LogP) is 2.82. The van der Waals surface area contributed by atoms with Crippen LogP contribution in [-0.2, 0) is 21.2 Å². The van der Waals surface area contributed by atoms with E-state index in [0.717, 1.165) is 5.56 Å². The quantitative estimate of drug-likeness (QED) is 0.635. The maximum atomic E-state index is 12.5. The predicted molar refractivity (Wildman–Crippen MR) is 94.2 cm³/mol. The second kappa shape index (κ2) is 8.11. The third kappa shape index (κ3) is 4.93. The van der Waals surface area contributed by atoms with Crippen molar-refractivity contribution in [2.45, 2.75) is 24.3 Å². The number of rotatable bonds is 6. The fourth-order valence-corrected chi connectivity index (χ4v) is 3.44. The molecule has 2 aromatic carbocycles. The van der Waals surface area contributed by atoms with Crippen molar-refractivity contribution in [1.29, 1.82) is 0 Å². The molecule has 1 unspecified atom stereocenters. The highest BCUT2D eigenvalue weighted by Gasteiger charge is 2.25. The van der Waals surface area contributed by atoms with E-state index in [1.165, 1.54) is 31.2 Å². The fraction of sp³-hybridized carbons (Fsp3) is 0.167. The minimum Gasteiger partial charge on any atom is -0.283 e. The van der Waals surface area contributed by atoms with Crippen molar-refractivity contribution in [2.24, 2.45) is 0 Å². The van der Waals surface area contributed by atoms with E-state index in [0.29, 0.717) is 5.02 Å². The number of hydrogen-bond donors (Lipinski definition) is 1. The Bertz CT molecular complexity index is 866. The number of sulfonamides is 1. The van der Waals surface area contributed by atoms with E-state index >= 15 is 0 Å². The van der Waals surface area contributed by atoms with Gasteiger partial charge in [0.25, 0.3) is 0 Å². The average Bonchev–Trinajstić information content (AvgIpc) is 2.55. The number of halogens is 1. The molecule has 0 spiro atoms. The number of benzene rings is 2. The summed E-state index contributed by atoms with van der Waals surface area (Å²) in [5, 5.41) is 0.433. The van der Waals surface area contributed by atoms with Gasteiger partial charge in [-0.1, -0.05) is 47.9 Å². The van der Waals surface area contributed by atoms with E-state index in [4.69, 9.17) is 11.6 Å². The first-order chi connectivity index (χ1) is 11.4. The van der Waals surface area contributed by atoms with Crippen molar-refractivity contribution < 1.29 is 13.2 Å². The first kappa shape index (κ1) is 18.2. The molecule has 0 saturated carbocycles. The van der Waals surface area contributed by atoms with Gasteiger partial charge in [0.15, 0.2) is 0 Å². The van der Waals surface area contributed by atoms with Crippen LogP contribution in [0.2, 0.25) is 5.02 Å². The van der Waals surface area contributed by atoms with Gasteiger partial charge >= 0.3 is 0 Å². The highest BCUT2D eigenvalue weighted by atomic mass is 35.5. The molecule has 0 aromatic heterocycles. The van der Waals surface area contributed by atoms with Crippen LogP contribution in [0.1, 0.15) is 12.5 Å². The zero-order valence-corrected chi connectivity index (χ0v) is 14.6. The molecule has 1 N–H and O–H groups in total. The Labute approximate surface area is 146 Å². The van der Waals surface area contributed by atoms with Gasteiger partial charge in [0.2, 0.25) is 15.8 Å². The zero-order chi connectivity index (χ0) is 17.6. The van der Waals surface area contributed by atoms with Crippen molar-refractivity contribution >= 4 is 27.4 Å². The lowest BCUT2D eigenvalue weighted by Crippen LogP contribution is -2.41. The average molecular weight is 362 g/mol. The van der Waals surface area contributed by atoms with Crippen LogP contribution in [0.3, 0.4) is 0 Å². The summed E-state index contributed by atoms with van der Waals surface area (Å²) < 4.78 is 27.4. The summed E-state index contributed by atoms with van der Waals surface area (Å²) in [6.45, 7) is 1.53. The summed E-state index contributed by atoms with van der Waals surface area (Å²) in [4.78, 5) is 12.2. The van der Waals surface area contributed by atoms with Gasteiger partial charge < -0.3 is 0 Å². The van der Waals surface area contributed by atoms with Crippen LogP contribution in [0, 0.1) is 11.8 Å². The fourth-order valence-electron chi connectivity index (χ4n) is 2.12. The van der Waals surface area contributed by atoms with Crippen LogP contribution in [0.15, 0.2) is 59.5 Å². The van der Waals surface area contributed by atoms with Gasteiger partial charge in [-0.2, -0.15) is 4.72 Å². The maximum Gasteiger partial charge on any atom is 0.241 e. The molecule has 24 heavy (non-hydrogen) atoms. The van der Waals surface area contributed by atoms with Crippen molar-refractivity contribution in [3.8, 4) is 11.8 Å². The lowest BCUT2D eigenvalue weighted by atomic mass is 10.0.